The number of halogens is 2. The number of rotatable bonds is 4. The molecule has 0 saturated heterocycles. The predicted molar refractivity (Wildman–Crippen MR) is 122 cm³/mol. The van der Waals surface area contributed by atoms with Crippen LogP contribution in [0.5, 0.6) is 0 Å². The van der Waals surface area contributed by atoms with Gasteiger partial charge in [0, 0.05) is 17.4 Å². The molecule has 33 heavy (non-hydrogen) atoms. The van der Waals surface area contributed by atoms with Crippen LogP contribution in [-0.4, -0.2) is 24.3 Å². The Labute approximate surface area is 188 Å². The lowest BCUT2D eigenvalue weighted by Gasteiger charge is -2.05. The molecule has 0 spiro atoms. The van der Waals surface area contributed by atoms with Crippen molar-refractivity contribution in [2.24, 2.45) is 0 Å². The van der Waals surface area contributed by atoms with Crippen LogP contribution in [0.25, 0.3) is 39.4 Å². The van der Waals surface area contributed by atoms with E-state index in [0.717, 1.165) is 6.26 Å². The van der Waals surface area contributed by atoms with Gasteiger partial charge in [0.25, 0.3) is 0 Å². The number of nitrogens with zero attached hydrogens (tertiary/aromatic N) is 2. The van der Waals surface area contributed by atoms with E-state index in [4.69, 9.17) is 9.52 Å². The molecule has 2 aromatic heterocycles. The van der Waals surface area contributed by atoms with Gasteiger partial charge in [0.2, 0.25) is 5.71 Å². The molecular weight excluding hydrogens is 446 g/mol. The molecule has 0 aliphatic heterocycles. The molecular formula is C25H18F2N2O3S. The van der Waals surface area contributed by atoms with Crippen LogP contribution in [0, 0.1) is 18.6 Å². The molecule has 0 aliphatic rings. The van der Waals surface area contributed by atoms with Crippen LogP contribution in [0.3, 0.4) is 0 Å². The smallest absolute Gasteiger partial charge is 0.231 e. The normalized spacial score (nSPS) is 11.9. The average molecular weight is 464 g/mol. The minimum absolute atomic E-state index is 0.201. The Balaban J connectivity index is 1.74. The van der Waals surface area contributed by atoms with Gasteiger partial charge in [-0.15, -0.1) is 0 Å². The highest BCUT2D eigenvalue weighted by atomic mass is 32.2. The second kappa shape index (κ2) is 7.67. The van der Waals surface area contributed by atoms with Gasteiger partial charge in [0.1, 0.15) is 17.3 Å². The summed E-state index contributed by atoms with van der Waals surface area (Å²) in [5, 5.41) is 4.74. The maximum Gasteiger partial charge on any atom is 0.231 e. The fourth-order valence-corrected chi connectivity index (χ4v) is 4.43. The fraction of sp³-hybridized carbons (Fsp3) is 0.0800. The van der Waals surface area contributed by atoms with Crippen molar-refractivity contribution in [3.05, 3.63) is 90.1 Å². The summed E-state index contributed by atoms with van der Waals surface area (Å²) in [6.45, 7) is 1.84. The van der Waals surface area contributed by atoms with Crippen LogP contribution in [0.4, 0.5) is 8.78 Å². The Morgan fingerprint density at radius 3 is 1.85 bits per heavy atom. The molecule has 0 fully saturated rings. The average Bonchev–Trinajstić information content (AvgIpc) is 3.31. The molecule has 0 N–H and O–H groups in total. The van der Waals surface area contributed by atoms with Gasteiger partial charge in [-0.05, 0) is 61.0 Å². The number of hydrogen-bond donors (Lipinski definition) is 0. The van der Waals surface area contributed by atoms with Crippen LogP contribution in [0.15, 0.2) is 82.1 Å². The first-order valence-electron chi connectivity index (χ1n) is 10.1. The second-order valence-electron chi connectivity index (χ2n) is 7.77. The standard InChI is InChI=1S/C25H18F2N2O3S/c1-15-24(18-5-11-20(27)12-6-18)32-25-22(16-3-9-19(26)10-4-16)23(28-29(15)25)17-7-13-21(14-8-17)33(2,30)31/h3-14H,1-2H3. The highest BCUT2D eigenvalue weighted by Gasteiger charge is 2.24. The minimum Gasteiger partial charge on any atom is -0.436 e. The lowest BCUT2D eigenvalue weighted by Crippen LogP contribution is -1.96. The van der Waals surface area contributed by atoms with Gasteiger partial charge in [-0.1, -0.05) is 24.3 Å². The number of fused-ring (bicyclic) bond motifs is 1. The van der Waals surface area contributed by atoms with Crippen molar-refractivity contribution in [2.75, 3.05) is 6.26 Å². The maximum absolute atomic E-state index is 13.6. The summed E-state index contributed by atoms with van der Waals surface area (Å²) in [5.41, 5.74) is 4.42. The molecule has 8 heteroatoms. The fourth-order valence-electron chi connectivity index (χ4n) is 3.80. The summed E-state index contributed by atoms with van der Waals surface area (Å²) in [7, 11) is -3.34. The molecule has 0 amide bonds. The first kappa shape index (κ1) is 21.1. The van der Waals surface area contributed by atoms with Crippen molar-refractivity contribution in [3.8, 4) is 33.7 Å². The SMILES string of the molecule is Cc1c(-c2ccc(F)cc2)oc2c(-c3ccc(F)cc3)c(-c3ccc(S(C)(=O)=O)cc3)nn12. The van der Waals surface area contributed by atoms with Gasteiger partial charge in [0.15, 0.2) is 15.6 Å². The highest BCUT2D eigenvalue weighted by Crippen LogP contribution is 2.39. The van der Waals surface area contributed by atoms with E-state index in [-0.39, 0.29) is 16.5 Å². The number of hydrogen-bond acceptors (Lipinski definition) is 4. The Kier molecular flexibility index (Phi) is 4.90. The molecule has 3 aromatic carbocycles. The third-order valence-electron chi connectivity index (χ3n) is 5.48. The zero-order valence-corrected chi connectivity index (χ0v) is 18.5. The third-order valence-corrected chi connectivity index (χ3v) is 6.61. The van der Waals surface area contributed by atoms with Crippen molar-refractivity contribution >= 4 is 15.6 Å². The Morgan fingerprint density at radius 2 is 1.30 bits per heavy atom. The van der Waals surface area contributed by atoms with Crippen molar-refractivity contribution in [1.82, 2.24) is 9.61 Å². The van der Waals surface area contributed by atoms with E-state index in [1.165, 1.54) is 36.4 Å². The monoisotopic (exact) mass is 464 g/mol. The molecule has 0 atom stereocenters. The summed E-state index contributed by atoms with van der Waals surface area (Å²) < 4.78 is 58.6. The van der Waals surface area contributed by atoms with Crippen LogP contribution in [0.2, 0.25) is 0 Å². The largest absolute Gasteiger partial charge is 0.436 e. The summed E-state index contributed by atoms with van der Waals surface area (Å²) in [5.74, 6) is -0.178. The molecule has 166 valence electrons. The molecule has 0 unspecified atom stereocenters. The topological polar surface area (TPSA) is 64.6 Å². The zero-order chi connectivity index (χ0) is 23.3. The van der Waals surface area contributed by atoms with Crippen LogP contribution >= 0.6 is 0 Å². The molecule has 5 rings (SSSR count). The predicted octanol–water partition coefficient (Wildman–Crippen LogP) is 5.92. The van der Waals surface area contributed by atoms with Crippen molar-refractivity contribution in [2.45, 2.75) is 11.8 Å². The summed E-state index contributed by atoms with van der Waals surface area (Å²) in [6, 6.07) is 18.4. The van der Waals surface area contributed by atoms with Gasteiger partial charge in [-0.25, -0.2) is 21.7 Å². The van der Waals surface area contributed by atoms with E-state index >= 15 is 0 Å². The van der Waals surface area contributed by atoms with E-state index in [9.17, 15) is 17.2 Å². The summed E-state index contributed by atoms with van der Waals surface area (Å²) in [6.07, 6.45) is 1.15. The lowest BCUT2D eigenvalue weighted by molar-refractivity contribution is 0.602. The maximum atomic E-state index is 13.6. The van der Waals surface area contributed by atoms with E-state index in [1.54, 1.807) is 40.9 Å². The molecule has 5 nitrogen and oxygen atoms in total. The zero-order valence-electron chi connectivity index (χ0n) is 17.7. The number of sulfone groups is 1. The second-order valence-corrected chi connectivity index (χ2v) is 9.78. The number of aromatic nitrogens is 2. The molecule has 5 aromatic rings. The third kappa shape index (κ3) is 3.72. The van der Waals surface area contributed by atoms with E-state index < -0.39 is 9.84 Å². The first-order valence-corrected chi connectivity index (χ1v) is 12.0. The van der Waals surface area contributed by atoms with Crippen molar-refractivity contribution in [1.29, 1.82) is 0 Å². The van der Waals surface area contributed by atoms with Crippen LogP contribution in [-0.2, 0) is 9.84 Å². The van der Waals surface area contributed by atoms with E-state index in [0.29, 0.717) is 45.1 Å². The molecule has 0 bridgehead atoms. The molecule has 0 saturated carbocycles. The Morgan fingerprint density at radius 1 is 0.788 bits per heavy atom. The number of aryl methyl sites for hydroxylation is 1. The van der Waals surface area contributed by atoms with Gasteiger partial charge >= 0.3 is 0 Å². The Hall–Kier alpha value is -3.78. The van der Waals surface area contributed by atoms with E-state index in [1.807, 2.05) is 6.92 Å². The quantitative estimate of drug-likeness (QED) is 0.331. The molecule has 0 aliphatic carbocycles. The van der Waals surface area contributed by atoms with Gasteiger partial charge in [-0.2, -0.15) is 5.10 Å². The van der Waals surface area contributed by atoms with Gasteiger partial charge < -0.3 is 4.42 Å². The summed E-state index contributed by atoms with van der Waals surface area (Å²) in [4.78, 5) is 0.201. The van der Waals surface area contributed by atoms with Gasteiger partial charge in [0.05, 0.1) is 16.2 Å². The Bertz CT molecular complexity index is 1580. The highest BCUT2D eigenvalue weighted by molar-refractivity contribution is 7.90. The van der Waals surface area contributed by atoms with E-state index in [2.05, 4.69) is 0 Å². The summed E-state index contributed by atoms with van der Waals surface area (Å²) >= 11 is 0. The minimum atomic E-state index is -3.34. The molecule has 0 radical (unpaired) electrons. The first-order chi connectivity index (χ1) is 15.7. The number of oxazole rings is 1. The van der Waals surface area contributed by atoms with Crippen LogP contribution in [0.1, 0.15) is 5.69 Å². The van der Waals surface area contributed by atoms with Crippen molar-refractivity contribution in [3.63, 3.8) is 0 Å². The molecule has 2 heterocycles. The van der Waals surface area contributed by atoms with Crippen molar-refractivity contribution < 1.29 is 21.6 Å². The van der Waals surface area contributed by atoms with Crippen LogP contribution < -0.4 is 0 Å². The lowest BCUT2D eigenvalue weighted by atomic mass is 10.0. The number of benzene rings is 3. The van der Waals surface area contributed by atoms with Gasteiger partial charge in [-0.3, -0.25) is 0 Å².